The maximum atomic E-state index is 11.3. The number of imidazole rings is 1. The van der Waals surface area contributed by atoms with Gasteiger partial charge in [0.2, 0.25) is 5.91 Å². The second kappa shape index (κ2) is 5.39. The summed E-state index contributed by atoms with van der Waals surface area (Å²) >= 11 is 0. The SMILES string of the molecule is CCc1nccn1CC(=O)NCCO. The van der Waals surface area contributed by atoms with E-state index in [4.69, 9.17) is 5.11 Å². The van der Waals surface area contributed by atoms with Crippen LogP contribution in [0.1, 0.15) is 12.7 Å². The predicted octanol–water partition coefficient (Wildman–Crippen LogP) is -0.446. The van der Waals surface area contributed by atoms with Gasteiger partial charge in [0.05, 0.1) is 6.61 Å². The Bertz CT molecular complexity index is 296. The minimum absolute atomic E-state index is 0.0314. The van der Waals surface area contributed by atoms with Crippen molar-refractivity contribution >= 4 is 5.91 Å². The highest BCUT2D eigenvalue weighted by molar-refractivity contribution is 5.75. The van der Waals surface area contributed by atoms with E-state index >= 15 is 0 Å². The van der Waals surface area contributed by atoms with Gasteiger partial charge < -0.3 is 15.0 Å². The highest BCUT2D eigenvalue weighted by Gasteiger charge is 2.04. The summed E-state index contributed by atoms with van der Waals surface area (Å²) in [6, 6.07) is 0. The summed E-state index contributed by atoms with van der Waals surface area (Å²) in [5.74, 6) is 0.788. The highest BCUT2D eigenvalue weighted by Crippen LogP contribution is 1.97. The van der Waals surface area contributed by atoms with Gasteiger partial charge in [-0.15, -0.1) is 0 Å². The number of nitrogens with zero attached hydrogens (tertiary/aromatic N) is 2. The van der Waals surface area contributed by atoms with Crippen LogP contribution in [0, 0.1) is 0 Å². The number of aliphatic hydroxyl groups is 1. The Morgan fingerprint density at radius 2 is 2.50 bits per heavy atom. The Morgan fingerprint density at radius 1 is 1.71 bits per heavy atom. The molecule has 0 aliphatic heterocycles. The van der Waals surface area contributed by atoms with Gasteiger partial charge in [0, 0.05) is 25.4 Å². The molecule has 2 N–H and O–H groups in total. The summed E-state index contributed by atoms with van der Waals surface area (Å²) < 4.78 is 1.80. The molecule has 14 heavy (non-hydrogen) atoms. The molecular weight excluding hydrogens is 182 g/mol. The Morgan fingerprint density at radius 3 is 3.14 bits per heavy atom. The third-order valence-corrected chi connectivity index (χ3v) is 1.87. The summed E-state index contributed by atoms with van der Waals surface area (Å²) in [6.07, 6.45) is 4.26. The molecule has 0 saturated heterocycles. The van der Waals surface area contributed by atoms with Crippen LogP contribution < -0.4 is 5.32 Å². The summed E-state index contributed by atoms with van der Waals surface area (Å²) in [5.41, 5.74) is 0. The van der Waals surface area contributed by atoms with Crippen molar-refractivity contribution in [2.24, 2.45) is 0 Å². The number of carbonyl (C=O) groups excluding carboxylic acids is 1. The average Bonchev–Trinajstić information content (AvgIpc) is 2.62. The molecule has 0 aromatic carbocycles. The molecule has 0 spiro atoms. The Hall–Kier alpha value is -1.36. The number of aryl methyl sites for hydroxylation is 1. The van der Waals surface area contributed by atoms with Gasteiger partial charge in [-0.2, -0.15) is 0 Å². The van der Waals surface area contributed by atoms with Crippen molar-refractivity contribution in [3.05, 3.63) is 18.2 Å². The Balaban J connectivity index is 2.47. The normalized spacial score (nSPS) is 10.1. The number of rotatable bonds is 5. The number of hydrogen-bond donors (Lipinski definition) is 2. The van der Waals surface area contributed by atoms with Crippen LogP contribution in [0.2, 0.25) is 0 Å². The minimum Gasteiger partial charge on any atom is -0.395 e. The van der Waals surface area contributed by atoms with Crippen LogP contribution in [0.3, 0.4) is 0 Å². The van der Waals surface area contributed by atoms with Crippen molar-refractivity contribution in [2.45, 2.75) is 19.9 Å². The molecule has 1 heterocycles. The van der Waals surface area contributed by atoms with Gasteiger partial charge in [-0.1, -0.05) is 6.92 Å². The fourth-order valence-corrected chi connectivity index (χ4v) is 1.20. The molecule has 0 saturated carbocycles. The van der Waals surface area contributed by atoms with Crippen molar-refractivity contribution in [1.82, 2.24) is 14.9 Å². The third kappa shape index (κ3) is 2.85. The molecule has 1 amide bonds. The van der Waals surface area contributed by atoms with Gasteiger partial charge in [0.25, 0.3) is 0 Å². The average molecular weight is 197 g/mol. The first-order valence-corrected chi connectivity index (χ1v) is 4.65. The van der Waals surface area contributed by atoms with Crippen molar-refractivity contribution in [3.8, 4) is 0 Å². The first-order valence-electron chi connectivity index (χ1n) is 4.65. The van der Waals surface area contributed by atoms with Crippen LogP contribution in [0.15, 0.2) is 12.4 Å². The molecule has 5 nitrogen and oxygen atoms in total. The minimum atomic E-state index is -0.105. The lowest BCUT2D eigenvalue weighted by molar-refractivity contribution is -0.121. The zero-order valence-corrected chi connectivity index (χ0v) is 8.23. The molecule has 78 valence electrons. The third-order valence-electron chi connectivity index (χ3n) is 1.87. The lowest BCUT2D eigenvalue weighted by Crippen LogP contribution is -2.30. The number of carbonyl (C=O) groups is 1. The second-order valence-electron chi connectivity index (χ2n) is 2.90. The van der Waals surface area contributed by atoms with Gasteiger partial charge in [-0.05, 0) is 0 Å². The van der Waals surface area contributed by atoms with Crippen LogP contribution >= 0.6 is 0 Å². The number of aliphatic hydroxyl groups excluding tert-OH is 1. The molecule has 1 aromatic rings. The molecule has 0 atom stereocenters. The zero-order valence-electron chi connectivity index (χ0n) is 8.23. The van der Waals surface area contributed by atoms with E-state index in [-0.39, 0.29) is 19.1 Å². The van der Waals surface area contributed by atoms with Gasteiger partial charge in [0.1, 0.15) is 12.4 Å². The summed E-state index contributed by atoms with van der Waals surface area (Å²) in [6.45, 7) is 2.53. The van der Waals surface area contributed by atoms with Gasteiger partial charge in [0.15, 0.2) is 0 Å². The standard InChI is InChI=1S/C9H15N3O2/c1-2-8-10-3-5-12(8)7-9(14)11-4-6-13/h3,5,13H,2,4,6-7H2,1H3,(H,11,14). The fraction of sp³-hybridized carbons (Fsp3) is 0.556. The monoisotopic (exact) mass is 197 g/mol. The van der Waals surface area contributed by atoms with E-state index in [9.17, 15) is 4.79 Å². The number of amides is 1. The molecule has 1 rings (SSSR count). The lowest BCUT2D eigenvalue weighted by Gasteiger charge is -2.06. The van der Waals surface area contributed by atoms with Crippen molar-refractivity contribution in [2.75, 3.05) is 13.2 Å². The number of aromatic nitrogens is 2. The van der Waals surface area contributed by atoms with Crippen LogP contribution in [-0.4, -0.2) is 33.7 Å². The quantitative estimate of drug-likeness (QED) is 0.672. The number of nitrogens with one attached hydrogen (secondary N) is 1. The Labute approximate surface area is 82.8 Å². The first-order chi connectivity index (χ1) is 6.77. The largest absolute Gasteiger partial charge is 0.395 e. The molecule has 0 fully saturated rings. The lowest BCUT2D eigenvalue weighted by atomic mass is 10.4. The highest BCUT2D eigenvalue weighted by atomic mass is 16.3. The first kappa shape index (κ1) is 10.7. The van der Waals surface area contributed by atoms with Crippen LogP contribution in [0.25, 0.3) is 0 Å². The summed E-state index contributed by atoms with van der Waals surface area (Å²) in [4.78, 5) is 15.4. The van der Waals surface area contributed by atoms with Crippen molar-refractivity contribution < 1.29 is 9.90 Å². The van der Waals surface area contributed by atoms with E-state index in [1.807, 2.05) is 6.92 Å². The van der Waals surface area contributed by atoms with E-state index in [2.05, 4.69) is 10.3 Å². The second-order valence-corrected chi connectivity index (χ2v) is 2.90. The molecule has 1 aromatic heterocycles. The van der Waals surface area contributed by atoms with Crippen molar-refractivity contribution in [3.63, 3.8) is 0 Å². The molecule has 0 unspecified atom stereocenters. The molecular formula is C9H15N3O2. The van der Waals surface area contributed by atoms with E-state index in [0.29, 0.717) is 6.54 Å². The Kier molecular flexibility index (Phi) is 4.12. The predicted molar refractivity (Wildman–Crippen MR) is 51.7 cm³/mol. The summed E-state index contributed by atoms with van der Waals surface area (Å²) in [5, 5.41) is 11.1. The topological polar surface area (TPSA) is 67.2 Å². The molecule has 0 bridgehead atoms. The molecule has 0 aliphatic rings. The maximum absolute atomic E-state index is 11.3. The molecule has 0 radical (unpaired) electrons. The summed E-state index contributed by atoms with van der Waals surface area (Å²) in [7, 11) is 0. The van der Waals surface area contributed by atoms with Crippen LogP contribution in [0.5, 0.6) is 0 Å². The maximum Gasteiger partial charge on any atom is 0.240 e. The van der Waals surface area contributed by atoms with Crippen LogP contribution in [-0.2, 0) is 17.8 Å². The van der Waals surface area contributed by atoms with E-state index in [1.165, 1.54) is 0 Å². The molecule has 5 heteroatoms. The van der Waals surface area contributed by atoms with Crippen molar-refractivity contribution in [1.29, 1.82) is 0 Å². The zero-order chi connectivity index (χ0) is 10.4. The van der Waals surface area contributed by atoms with E-state index in [1.54, 1.807) is 17.0 Å². The van der Waals surface area contributed by atoms with Gasteiger partial charge in [-0.3, -0.25) is 4.79 Å². The van der Waals surface area contributed by atoms with E-state index in [0.717, 1.165) is 12.2 Å². The fourth-order valence-electron chi connectivity index (χ4n) is 1.20. The van der Waals surface area contributed by atoms with E-state index < -0.39 is 0 Å². The smallest absolute Gasteiger partial charge is 0.240 e. The molecule has 0 aliphatic carbocycles. The van der Waals surface area contributed by atoms with Crippen LogP contribution in [0.4, 0.5) is 0 Å². The number of hydrogen-bond acceptors (Lipinski definition) is 3. The van der Waals surface area contributed by atoms with Gasteiger partial charge >= 0.3 is 0 Å². The van der Waals surface area contributed by atoms with Gasteiger partial charge in [-0.25, -0.2) is 4.98 Å².